The Labute approximate surface area is 211 Å². The number of likely N-dealkylation sites (tertiary alicyclic amines) is 2. The monoisotopic (exact) mass is 516 g/mol. The number of ketones is 1. The van der Waals surface area contributed by atoms with Gasteiger partial charge in [0.2, 0.25) is 5.91 Å². The highest BCUT2D eigenvalue weighted by atomic mass is 19.4. The third-order valence-corrected chi connectivity index (χ3v) is 6.64. The summed E-state index contributed by atoms with van der Waals surface area (Å²) in [6.07, 6.45) is -2.37. The smallest absolute Gasteiger partial charge is 0.340 e. The van der Waals surface area contributed by atoms with Gasteiger partial charge in [-0.05, 0) is 55.2 Å². The van der Waals surface area contributed by atoms with Crippen molar-refractivity contribution in [3.05, 3.63) is 65.5 Å². The number of fused-ring (bicyclic) bond motifs is 1. The number of Topliss-reactive ketones (excluding diaryl/α,β-unsaturated/α-hetero) is 1. The highest BCUT2D eigenvalue weighted by Crippen LogP contribution is 2.32. The van der Waals surface area contributed by atoms with Crippen molar-refractivity contribution in [2.45, 2.75) is 51.0 Å². The summed E-state index contributed by atoms with van der Waals surface area (Å²) in [5.41, 5.74) is -0.688. The molecule has 1 N–H and O–H groups in total. The van der Waals surface area contributed by atoms with Crippen molar-refractivity contribution in [2.24, 2.45) is 5.92 Å². The molecule has 2 aliphatic rings. The summed E-state index contributed by atoms with van der Waals surface area (Å²) in [6.45, 7) is 3.83. The number of carbonyl (C=O) groups is 4. The Morgan fingerprint density at radius 3 is 2.38 bits per heavy atom. The molecule has 1 aromatic heterocycles. The van der Waals surface area contributed by atoms with Gasteiger partial charge in [0.25, 0.3) is 11.8 Å². The van der Waals surface area contributed by atoms with Gasteiger partial charge in [-0.2, -0.15) is 13.2 Å². The van der Waals surface area contributed by atoms with Crippen LogP contribution in [0.4, 0.5) is 13.2 Å². The van der Waals surface area contributed by atoms with Crippen LogP contribution in [0.3, 0.4) is 0 Å². The highest BCUT2D eigenvalue weighted by Gasteiger charge is 2.52. The number of carbonyl (C=O) groups excluding carboxylic acids is 4. The lowest BCUT2D eigenvalue weighted by molar-refractivity contribution is -0.138. The van der Waals surface area contributed by atoms with E-state index < -0.39 is 41.7 Å². The molecule has 2 fully saturated rings. The van der Waals surface area contributed by atoms with E-state index in [1.807, 2.05) is 13.8 Å². The van der Waals surface area contributed by atoms with Crippen LogP contribution in [-0.4, -0.2) is 69.5 Å². The minimum Gasteiger partial charge on any atom is -0.340 e. The van der Waals surface area contributed by atoms with Crippen LogP contribution < -0.4 is 5.32 Å². The fourth-order valence-corrected chi connectivity index (χ4v) is 4.92. The SMILES string of the molecule is CC(C)CC(NC(=O)c1ccc(C(F)(F)F)cc1)C(=O)N1CCC2C1C(=O)CN2C(=O)c1ccccn1. The van der Waals surface area contributed by atoms with Crippen molar-refractivity contribution in [3.63, 3.8) is 0 Å². The molecule has 0 saturated carbocycles. The Balaban J connectivity index is 1.50. The molecule has 0 bridgehead atoms. The van der Waals surface area contributed by atoms with Gasteiger partial charge >= 0.3 is 6.18 Å². The van der Waals surface area contributed by atoms with Crippen LogP contribution >= 0.6 is 0 Å². The number of hydrogen-bond donors (Lipinski definition) is 1. The standard InChI is InChI=1S/C26H27F3N4O4/c1-15(2)13-19(31-23(35)16-6-8-17(9-7-16)26(27,28)29)25(37)32-12-10-20-22(32)21(34)14-33(20)24(36)18-5-3-4-11-30-18/h3-9,11,15,19-20,22H,10,12-14H2,1-2H3,(H,31,35). The zero-order valence-electron chi connectivity index (χ0n) is 20.4. The normalized spacial score (nSPS) is 20.2. The second-order valence-corrected chi connectivity index (χ2v) is 9.68. The molecule has 1 aromatic carbocycles. The van der Waals surface area contributed by atoms with Gasteiger partial charge in [-0.3, -0.25) is 24.2 Å². The first-order valence-electron chi connectivity index (χ1n) is 12.0. The Bertz CT molecular complexity index is 1180. The fraction of sp³-hybridized carbons (Fsp3) is 0.423. The Hall–Kier alpha value is -3.76. The fourth-order valence-electron chi connectivity index (χ4n) is 4.92. The first-order valence-corrected chi connectivity index (χ1v) is 12.0. The summed E-state index contributed by atoms with van der Waals surface area (Å²) in [6, 6.07) is 6.36. The third kappa shape index (κ3) is 5.50. The summed E-state index contributed by atoms with van der Waals surface area (Å²) >= 11 is 0. The topological polar surface area (TPSA) is 99.7 Å². The zero-order valence-corrected chi connectivity index (χ0v) is 20.4. The summed E-state index contributed by atoms with van der Waals surface area (Å²) in [5.74, 6) is -1.79. The van der Waals surface area contributed by atoms with Gasteiger partial charge in [0.15, 0.2) is 5.78 Å². The first-order chi connectivity index (χ1) is 17.5. The van der Waals surface area contributed by atoms with Gasteiger partial charge in [0.1, 0.15) is 17.8 Å². The zero-order chi connectivity index (χ0) is 26.9. The average molecular weight is 517 g/mol. The molecule has 4 rings (SSSR count). The molecule has 0 radical (unpaired) electrons. The maximum Gasteiger partial charge on any atom is 0.416 e. The van der Waals surface area contributed by atoms with Crippen LogP contribution in [0.25, 0.3) is 0 Å². The Morgan fingerprint density at radius 2 is 1.78 bits per heavy atom. The summed E-state index contributed by atoms with van der Waals surface area (Å²) in [7, 11) is 0. The Kier molecular flexibility index (Phi) is 7.33. The molecule has 2 aromatic rings. The van der Waals surface area contributed by atoms with Crippen LogP contribution in [-0.2, 0) is 15.8 Å². The molecule has 3 heterocycles. The lowest BCUT2D eigenvalue weighted by atomic mass is 10.0. The quantitative estimate of drug-likeness (QED) is 0.637. The molecule has 37 heavy (non-hydrogen) atoms. The molecule has 0 spiro atoms. The molecule has 3 unspecified atom stereocenters. The minimum atomic E-state index is -4.53. The third-order valence-electron chi connectivity index (χ3n) is 6.64. The largest absolute Gasteiger partial charge is 0.416 e. The van der Waals surface area contributed by atoms with E-state index in [1.165, 1.54) is 16.0 Å². The second-order valence-electron chi connectivity index (χ2n) is 9.68. The molecule has 8 nitrogen and oxygen atoms in total. The number of alkyl halides is 3. The van der Waals surface area contributed by atoms with Crippen molar-refractivity contribution in [2.75, 3.05) is 13.1 Å². The van der Waals surface area contributed by atoms with Gasteiger partial charge < -0.3 is 15.1 Å². The number of aromatic nitrogens is 1. The average Bonchev–Trinajstić information content (AvgIpc) is 3.44. The number of halogens is 3. The van der Waals surface area contributed by atoms with E-state index >= 15 is 0 Å². The molecule has 2 saturated heterocycles. The van der Waals surface area contributed by atoms with Crippen LogP contribution in [0.2, 0.25) is 0 Å². The van der Waals surface area contributed by atoms with E-state index in [-0.39, 0.29) is 48.4 Å². The van der Waals surface area contributed by atoms with Gasteiger partial charge in [-0.15, -0.1) is 0 Å². The van der Waals surface area contributed by atoms with Crippen LogP contribution in [0.15, 0.2) is 48.7 Å². The van der Waals surface area contributed by atoms with E-state index in [4.69, 9.17) is 0 Å². The first kappa shape index (κ1) is 26.3. The van der Waals surface area contributed by atoms with Crippen molar-refractivity contribution < 1.29 is 32.3 Å². The maximum atomic E-state index is 13.6. The number of pyridine rings is 1. The molecule has 3 atom stereocenters. The van der Waals surface area contributed by atoms with Crippen LogP contribution in [0, 0.1) is 5.92 Å². The molecule has 3 amide bonds. The van der Waals surface area contributed by atoms with Gasteiger partial charge in [0.05, 0.1) is 18.2 Å². The van der Waals surface area contributed by atoms with Gasteiger partial charge in [-0.1, -0.05) is 19.9 Å². The van der Waals surface area contributed by atoms with Crippen LogP contribution in [0.1, 0.15) is 53.1 Å². The molecule has 0 aliphatic carbocycles. The van der Waals surface area contributed by atoms with E-state index in [1.54, 1.807) is 18.2 Å². The highest BCUT2D eigenvalue weighted by molar-refractivity contribution is 6.03. The molecule has 2 aliphatic heterocycles. The predicted octanol–water partition coefficient (Wildman–Crippen LogP) is 2.94. The number of hydrogen-bond acceptors (Lipinski definition) is 5. The van der Waals surface area contributed by atoms with Crippen molar-refractivity contribution in [1.29, 1.82) is 0 Å². The summed E-state index contributed by atoms with van der Waals surface area (Å²) < 4.78 is 38.6. The number of amides is 3. The van der Waals surface area contributed by atoms with Gasteiger partial charge in [0, 0.05) is 18.3 Å². The van der Waals surface area contributed by atoms with E-state index in [0.29, 0.717) is 6.42 Å². The van der Waals surface area contributed by atoms with Crippen molar-refractivity contribution in [3.8, 4) is 0 Å². The van der Waals surface area contributed by atoms with E-state index in [0.717, 1.165) is 24.3 Å². The molecule has 196 valence electrons. The van der Waals surface area contributed by atoms with Crippen molar-refractivity contribution in [1.82, 2.24) is 20.1 Å². The summed E-state index contributed by atoms with van der Waals surface area (Å²) in [4.78, 5) is 59.2. The molecule has 11 heteroatoms. The van der Waals surface area contributed by atoms with Crippen molar-refractivity contribution >= 4 is 23.5 Å². The lowest BCUT2D eigenvalue weighted by Crippen LogP contribution is -2.53. The predicted molar refractivity (Wildman–Crippen MR) is 126 cm³/mol. The number of nitrogens with zero attached hydrogens (tertiary/aromatic N) is 3. The summed E-state index contributed by atoms with van der Waals surface area (Å²) in [5, 5.41) is 2.64. The molecular weight excluding hydrogens is 489 g/mol. The maximum absolute atomic E-state index is 13.6. The van der Waals surface area contributed by atoms with Gasteiger partial charge in [-0.25, -0.2) is 0 Å². The lowest BCUT2D eigenvalue weighted by Gasteiger charge is -2.29. The van der Waals surface area contributed by atoms with E-state index in [9.17, 15) is 32.3 Å². The number of nitrogens with one attached hydrogen (secondary N) is 1. The minimum absolute atomic E-state index is 0.00164. The number of benzene rings is 1. The van der Waals surface area contributed by atoms with Crippen LogP contribution in [0.5, 0.6) is 0 Å². The molecular formula is C26H27F3N4O4. The number of rotatable bonds is 6. The van der Waals surface area contributed by atoms with E-state index in [2.05, 4.69) is 10.3 Å². The Morgan fingerprint density at radius 1 is 1.08 bits per heavy atom. The second kappa shape index (κ2) is 10.3.